The van der Waals surface area contributed by atoms with Crippen LogP contribution in [0.25, 0.3) is 10.6 Å². The van der Waals surface area contributed by atoms with Crippen LogP contribution in [0.4, 0.5) is 0 Å². The molecule has 1 aromatic carbocycles. The SMILES string of the molecule is COc1ccc(-c2nc(CN3CCNC[C@@H]3C)cs2)cc1.Cl.Cl. The highest BCUT2D eigenvalue weighted by Crippen LogP contribution is 2.26. The largest absolute Gasteiger partial charge is 0.497 e. The van der Waals surface area contributed by atoms with E-state index in [1.807, 2.05) is 12.1 Å². The minimum Gasteiger partial charge on any atom is -0.497 e. The van der Waals surface area contributed by atoms with Crippen LogP contribution in [-0.4, -0.2) is 42.7 Å². The third-order valence-corrected chi connectivity index (χ3v) is 4.83. The van der Waals surface area contributed by atoms with Crippen molar-refractivity contribution in [1.82, 2.24) is 15.2 Å². The Labute approximate surface area is 154 Å². The van der Waals surface area contributed by atoms with Crippen molar-refractivity contribution in [3.63, 3.8) is 0 Å². The molecule has 1 aromatic heterocycles. The summed E-state index contributed by atoms with van der Waals surface area (Å²) in [5, 5.41) is 6.67. The first kappa shape index (κ1) is 20.2. The lowest BCUT2D eigenvalue weighted by Gasteiger charge is -2.33. The van der Waals surface area contributed by atoms with E-state index in [0.717, 1.165) is 42.5 Å². The van der Waals surface area contributed by atoms with E-state index in [0.29, 0.717) is 6.04 Å². The first-order valence-electron chi connectivity index (χ1n) is 7.30. The number of piperazine rings is 1. The van der Waals surface area contributed by atoms with Gasteiger partial charge in [-0.05, 0) is 31.2 Å². The summed E-state index contributed by atoms with van der Waals surface area (Å²) in [5.74, 6) is 0.880. The Bertz CT molecular complexity index is 591. The molecule has 1 N–H and O–H groups in total. The van der Waals surface area contributed by atoms with E-state index in [1.165, 1.54) is 5.69 Å². The van der Waals surface area contributed by atoms with Crippen molar-refractivity contribution < 1.29 is 4.74 Å². The minimum atomic E-state index is 0. The minimum absolute atomic E-state index is 0. The predicted molar refractivity (Wildman–Crippen MR) is 101 cm³/mol. The summed E-state index contributed by atoms with van der Waals surface area (Å²) in [5.41, 5.74) is 2.32. The number of thiazole rings is 1. The zero-order chi connectivity index (χ0) is 14.7. The number of hydrogen-bond acceptors (Lipinski definition) is 5. The summed E-state index contributed by atoms with van der Waals surface area (Å²) < 4.78 is 5.19. The number of rotatable bonds is 4. The summed E-state index contributed by atoms with van der Waals surface area (Å²) in [6, 6.07) is 8.66. The topological polar surface area (TPSA) is 37.4 Å². The van der Waals surface area contributed by atoms with Crippen molar-refractivity contribution in [2.75, 3.05) is 26.7 Å². The molecule has 1 aliphatic rings. The molecule has 0 spiro atoms. The van der Waals surface area contributed by atoms with Crippen LogP contribution >= 0.6 is 36.2 Å². The molecule has 0 unspecified atom stereocenters. The smallest absolute Gasteiger partial charge is 0.123 e. The average molecular weight is 376 g/mol. The maximum absolute atomic E-state index is 5.19. The van der Waals surface area contributed by atoms with Crippen molar-refractivity contribution in [3.8, 4) is 16.3 Å². The molecule has 2 heterocycles. The van der Waals surface area contributed by atoms with Gasteiger partial charge in [-0.25, -0.2) is 4.98 Å². The number of nitrogens with one attached hydrogen (secondary N) is 1. The zero-order valence-electron chi connectivity index (χ0n) is 13.3. The third-order valence-electron chi connectivity index (χ3n) is 3.89. The van der Waals surface area contributed by atoms with Gasteiger partial charge in [-0.2, -0.15) is 0 Å². The van der Waals surface area contributed by atoms with Crippen molar-refractivity contribution in [2.45, 2.75) is 19.5 Å². The van der Waals surface area contributed by atoms with Gasteiger partial charge in [0.2, 0.25) is 0 Å². The summed E-state index contributed by atoms with van der Waals surface area (Å²) in [4.78, 5) is 7.27. The molecule has 1 saturated heterocycles. The number of methoxy groups -OCH3 is 1. The van der Waals surface area contributed by atoms with E-state index in [4.69, 9.17) is 9.72 Å². The molecule has 1 aliphatic heterocycles. The monoisotopic (exact) mass is 375 g/mol. The second kappa shape index (κ2) is 9.45. The molecule has 1 fully saturated rings. The van der Waals surface area contributed by atoms with Crippen LogP contribution in [0.3, 0.4) is 0 Å². The molecular weight excluding hydrogens is 353 g/mol. The number of halogens is 2. The number of benzene rings is 1. The van der Waals surface area contributed by atoms with Gasteiger partial charge in [0.05, 0.1) is 12.8 Å². The van der Waals surface area contributed by atoms with Gasteiger partial charge in [-0.15, -0.1) is 36.2 Å². The molecule has 0 bridgehead atoms. The van der Waals surface area contributed by atoms with Crippen LogP contribution in [0.15, 0.2) is 29.6 Å². The Morgan fingerprint density at radius 3 is 2.70 bits per heavy atom. The molecule has 23 heavy (non-hydrogen) atoms. The fourth-order valence-electron chi connectivity index (χ4n) is 2.57. The molecular formula is C16H23Cl2N3OS. The summed E-state index contributed by atoms with van der Waals surface area (Å²) in [6.07, 6.45) is 0. The van der Waals surface area contributed by atoms with Gasteiger partial charge < -0.3 is 10.1 Å². The first-order valence-corrected chi connectivity index (χ1v) is 8.18. The van der Waals surface area contributed by atoms with E-state index < -0.39 is 0 Å². The van der Waals surface area contributed by atoms with Crippen LogP contribution in [0.2, 0.25) is 0 Å². The normalized spacial score (nSPS) is 17.9. The molecule has 3 rings (SSSR count). The van der Waals surface area contributed by atoms with E-state index in [2.05, 4.69) is 34.7 Å². The number of aromatic nitrogens is 1. The lowest BCUT2D eigenvalue weighted by Crippen LogP contribution is -2.49. The zero-order valence-corrected chi connectivity index (χ0v) is 15.8. The second-order valence-corrected chi connectivity index (χ2v) is 6.25. The van der Waals surface area contributed by atoms with Crippen LogP contribution < -0.4 is 10.1 Å². The number of nitrogens with zero attached hydrogens (tertiary/aromatic N) is 2. The van der Waals surface area contributed by atoms with Gasteiger partial charge in [-0.1, -0.05) is 0 Å². The van der Waals surface area contributed by atoms with Gasteiger partial charge in [0.15, 0.2) is 0 Å². The summed E-state index contributed by atoms with van der Waals surface area (Å²) >= 11 is 1.71. The van der Waals surface area contributed by atoms with Crippen molar-refractivity contribution in [1.29, 1.82) is 0 Å². The van der Waals surface area contributed by atoms with Crippen LogP contribution in [0.5, 0.6) is 5.75 Å². The number of hydrogen-bond donors (Lipinski definition) is 1. The van der Waals surface area contributed by atoms with E-state index in [1.54, 1.807) is 18.4 Å². The van der Waals surface area contributed by atoms with Crippen LogP contribution in [0, 0.1) is 0 Å². The first-order chi connectivity index (χ1) is 10.3. The molecule has 1 atom stereocenters. The highest BCUT2D eigenvalue weighted by atomic mass is 35.5. The summed E-state index contributed by atoms with van der Waals surface area (Å²) in [7, 11) is 1.69. The fourth-order valence-corrected chi connectivity index (χ4v) is 3.39. The molecule has 0 radical (unpaired) electrons. The van der Waals surface area contributed by atoms with Gasteiger partial charge in [0.1, 0.15) is 10.8 Å². The van der Waals surface area contributed by atoms with Gasteiger partial charge >= 0.3 is 0 Å². The Kier molecular flexibility index (Phi) is 8.29. The maximum atomic E-state index is 5.19. The van der Waals surface area contributed by atoms with Gasteiger partial charge in [0.25, 0.3) is 0 Å². The highest BCUT2D eigenvalue weighted by Gasteiger charge is 2.18. The Morgan fingerprint density at radius 1 is 1.30 bits per heavy atom. The van der Waals surface area contributed by atoms with E-state index in [9.17, 15) is 0 Å². The Hall–Kier alpha value is -0.850. The lowest BCUT2D eigenvalue weighted by molar-refractivity contribution is 0.164. The standard InChI is InChI=1S/C16H21N3OS.2ClH/c1-12-9-17-7-8-19(12)10-14-11-21-16(18-14)13-3-5-15(20-2)6-4-13;;/h3-6,11-12,17H,7-10H2,1-2H3;2*1H/t12-;;/m0../s1. The molecule has 0 aliphatic carbocycles. The van der Waals surface area contributed by atoms with Crippen LogP contribution in [-0.2, 0) is 6.54 Å². The van der Waals surface area contributed by atoms with Crippen molar-refractivity contribution in [3.05, 3.63) is 35.3 Å². The fraction of sp³-hybridized carbons (Fsp3) is 0.438. The van der Waals surface area contributed by atoms with Gasteiger partial charge in [0, 0.05) is 43.2 Å². The van der Waals surface area contributed by atoms with Crippen molar-refractivity contribution >= 4 is 36.2 Å². The summed E-state index contributed by atoms with van der Waals surface area (Å²) in [6.45, 7) is 6.43. The van der Waals surface area contributed by atoms with E-state index in [-0.39, 0.29) is 24.8 Å². The molecule has 4 nitrogen and oxygen atoms in total. The molecule has 7 heteroatoms. The molecule has 2 aromatic rings. The predicted octanol–water partition coefficient (Wildman–Crippen LogP) is 3.46. The van der Waals surface area contributed by atoms with Crippen molar-refractivity contribution in [2.24, 2.45) is 0 Å². The third kappa shape index (κ3) is 5.06. The number of ether oxygens (including phenoxy) is 1. The molecule has 0 saturated carbocycles. The second-order valence-electron chi connectivity index (χ2n) is 5.40. The average Bonchev–Trinajstić information content (AvgIpc) is 2.98. The maximum Gasteiger partial charge on any atom is 0.123 e. The highest BCUT2D eigenvalue weighted by molar-refractivity contribution is 7.13. The van der Waals surface area contributed by atoms with Gasteiger partial charge in [-0.3, -0.25) is 4.90 Å². The lowest BCUT2D eigenvalue weighted by atomic mass is 10.2. The Balaban J connectivity index is 0.00000132. The van der Waals surface area contributed by atoms with Crippen LogP contribution in [0.1, 0.15) is 12.6 Å². The Morgan fingerprint density at radius 2 is 2.04 bits per heavy atom. The molecule has 0 amide bonds. The molecule has 128 valence electrons. The quantitative estimate of drug-likeness (QED) is 0.887. The van der Waals surface area contributed by atoms with E-state index >= 15 is 0 Å².